The maximum Gasteiger partial charge on any atom is 0.253 e. The summed E-state index contributed by atoms with van der Waals surface area (Å²) in [7, 11) is 0. The van der Waals surface area contributed by atoms with Gasteiger partial charge in [0.2, 0.25) is 5.91 Å². The van der Waals surface area contributed by atoms with Crippen molar-refractivity contribution in [2.75, 3.05) is 38.0 Å². The van der Waals surface area contributed by atoms with Gasteiger partial charge in [0.1, 0.15) is 5.82 Å². The van der Waals surface area contributed by atoms with Crippen molar-refractivity contribution in [1.82, 2.24) is 19.6 Å². The highest BCUT2D eigenvalue weighted by molar-refractivity contribution is 5.95. The van der Waals surface area contributed by atoms with Crippen LogP contribution < -0.4 is 5.32 Å². The summed E-state index contributed by atoms with van der Waals surface area (Å²) >= 11 is 0. The number of hydrogen-bond donors (Lipinski definition) is 1. The SMILES string of the molecule is CCN1CCN(C(=O)c2ccc(-n3nc(C)c(-c4ccccc4)c3NC(C)=O)cc2)CC1. The Hall–Kier alpha value is -3.45. The molecule has 1 N–H and O–H groups in total. The molecule has 4 rings (SSSR count). The van der Waals surface area contributed by atoms with Gasteiger partial charge in [-0.3, -0.25) is 9.59 Å². The number of piperazine rings is 1. The standard InChI is InChI=1S/C25H29N5O2/c1-4-28-14-16-29(17-15-28)25(32)21-10-12-22(13-11-21)30-24(26-19(3)31)23(18(2)27-30)20-8-6-5-7-9-20/h5-13H,4,14-17H2,1-3H3,(H,26,31). The Morgan fingerprint density at radius 1 is 0.969 bits per heavy atom. The van der Waals surface area contributed by atoms with Gasteiger partial charge in [0.05, 0.1) is 11.4 Å². The van der Waals surface area contributed by atoms with Crippen LogP contribution in [0.5, 0.6) is 0 Å². The number of rotatable bonds is 5. The van der Waals surface area contributed by atoms with E-state index in [0.717, 1.165) is 55.2 Å². The summed E-state index contributed by atoms with van der Waals surface area (Å²) in [4.78, 5) is 29.1. The maximum atomic E-state index is 12.9. The fourth-order valence-electron chi connectivity index (χ4n) is 4.14. The minimum atomic E-state index is -0.165. The Labute approximate surface area is 188 Å². The molecular weight excluding hydrogens is 402 g/mol. The molecular formula is C25H29N5O2. The molecule has 2 aromatic carbocycles. The van der Waals surface area contributed by atoms with Crippen molar-refractivity contribution in [3.8, 4) is 16.8 Å². The minimum Gasteiger partial charge on any atom is -0.336 e. The molecule has 0 atom stereocenters. The lowest BCUT2D eigenvalue weighted by Gasteiger charge is -2.34. The summed E-state index contributed by atoms with van der Waals surface area (Å²) in [5.41, 5.74) is 4.12. The number of amides is 2. The number of aryl methyl sites for hydroxylation is 1. The first-order valence-corrected chi connectivity index (χ1v) is 11.0. The fraction of sp³-hybridized carbons (Fsp3) is 0.320. The molecule has 7 heteroatoms. The highest BCUT2D eigenvalue weighted by Gasteiger charge is 2.22. The lowest BCUT2D eigenvalue weighted by atomic mass is 10.1. The first-order valence-electron chi connectivity index (χ1n) is 11.0. The van der Waals surface area contributed by atoms with Crippen LogP contribution in [0.1, 0.15) is 29.9 Å². The summed E-state index contributed by atoms with van der Waals surface area (Å²) in [6.07, 6.45) is 0. The van der Waals surface area contributed by atoms with Crippen LogP contribution in [0.2, 0.25) is 0 Å². The van der Waals surface area contributed by atoms with Crippen molar-refractivity contribution >= 4 is 17.6 Å². The van der Waals surface area contributed by atoms with Crippen molar-refractivity contribution in [2.24, 2.45) is 0 Å². The van der Waals surface area contributed by atoms with Crippen LogP contribution in [-0.2, 0) is 4.79 Å². The summed E-state index contributed by atoms with van der Waals surface area (Å²) in [5.74, 6) is 0.508. The van der Waals surface area contributed by atoms with Crippen LogP contribution in [0.25, 0.3) is 16.8 Å². The molecule has 0 bridgehead atoms. The van der Waals surface area contributed by atoms with Gasteiger partial charge in [0.25, 0.3) is 5.91 Å². The molecule has 1 aliphatic rings. The first kappa shape index (κ1) is 21.8. The van der Waals surface area contributed by atoms with Crippen LogP contribution >= 0.6 is 0 Å². The molecule has 0 saturated carbocycles. The molecule has 2 amide bonds. The largest absolute Gasteiger partial charge is 0.336 e. The normalized spacial score (nSPS) is 14.4. The van der Waals surface area contributed by atoms with Crippen molar-refractivity contribution in [2.45, 2.75) is 20.8 Å². The van der Waals surface area contributed by atoms with Gasteiger partial charge in [-0.2, -0.15) is 5.10 Å². The molecule has 2 heterocycles. The highest BCUT2D eigenvalue weighted by Crippen LogP contribution is 2.33. The van der Waals surface area contributed by atoms with E-state index in [4.69, 9.17) is 5.10 Å². The van der Waals surface area contributed by atoms with E-state index in [2.05, 4.69) is 17.1 Å². The average Bonchev–Trinajstić information content (AvgIpc) is 3.14. The van der Waals surface area contributed by atoms with E-state index in [1.165, 1.54) is 6.92 Å². The molecule has 166 valence electrons. The van der Waals surface area contributed by atoms with Crippen molar-refractivity contribution < 1.29 is 9.59 Å². The van der Waals surface area contributed by atoms with Crippen molar-refractivity contribution in [3.05, 3.63) is 65.9 Å². The van der Waals surface area contributed by atoms with Crippen LogP contribution in [0.4, 0.5) is 5.82 Å². The van der Waals surface area contributed by atoms with E-state index in [1.807, 2.05) is 66.4 Å². The fourth-order valence-corrected chi connectivity index (χ4v) is 4.14. The molecule has 1 saturated heterocycles. The number of carbonyl (C=O) groups excluding carboxylic acids is 2. The third-order valence-corrected chi connectivity index (χ3v) is 5.88. The average molecular weight is 432 g/mol. The second-order valence-electron chi connectivity index (χ2n) is 8.04. The number of carbonyl (C=O) groups is 2. The van der Waals surface area contributed by atoms with Gasteiger partial charge in [-0.1, -0.05) is 37.3 Å². The van der Waals surface area contributed by atoms with Crippen LogP contribution in [0.3, 0.4) is 0 Å². The summed E-state index contributed by atoms with van der Waals surface area (Å²) in [6, 6.07) is 17.3. The molecule has 0 aliphatic carbocycles. The van der Waals surface area contributed by atoms with E-state index in [0.29, 0.717) is 11.4 Å². The Morgan fingerprint density at radius 3 is 2.22 bits per heavy atom. The Bertz CT molecular complexity index is 1100. The topological polar surface area (TPSA) is 70.5 Å². The van der Waals surface area contributed by atoms with Crippen molar-refractivity contribution in [1.29, 1.82) is 0 Å². The number of hydrogen-bond acceptors (Lipinski definition) is 4. The molecule has 0 radical (unpaired) electrons. The van der Waals surface area contributed by atoms with Gasteiger partial charge in [0, 0.05) is 44.2 Å². The van der Waals surface area contributed by atoms with Gasteiger partial charge >= 0.3 is 0 Å². The molecule has 3 aromatic rings. The second-order valence-corrected chi connectivity index (χ2v) is 8.04. The lowest BCUT2D eigenvalue weighted by Crippen LogP contribution is -2.48. The monoisotopic (exact) mass is 431 g/mol. The molecule has 1 fully saturated rings. The van der Waals surface area contributed by atoms with Gasteiger partial charge in [-0.25, -0.2) is 4.68 Å². The highest BCUT2D eigenvalue weighted by atomic mass is 16.2. The summed E-state index contributed by atoms with van der Waals surface area (Å²) < 4.78 is 1.73. The quantitative estimate of drug-likeness (QED) is 0.670. The molecule has 1 aromatic heterocycles. The Morgan fingerprint density at radius 2 is 1.62 bits per heavy atom. The number of nitrogens with one attached hydrogen (secondary N) is 1. The molecule has 0 spiro atoms. The van der Waals surface area contributed by atoms with Crippen molar-refractivity contribution in [3.63, 3.8) is 0 Å². The summed E-state index contributed by atoms with van der Waals surface area (Å²) in [6.45, 7) is 9.90. The molecule has 7 nitrogen and oxygen atoms in total. The number of aromatic nitrogens is 2. The zero-order valence-electron chi connectivity index (χ0n) is 18.8. The zero-order chi connectivity index (χ0) is 22.7. The second kappa shape index (κ2) is 9.36. The predicted molar refractivity (Wildman–Crippen MR) is 126 cm³/mol. The molecule has 1 aliphatic heterocycles. The minimum absolute atomic E-state index is 0.0519. The lowest BCUT2D eigenvalue weighted by molar-refractivity contribution is -0.114. The van der Waals surface area contributed by atoms with E-state index in [9.17, 15) is 9.59 Å². The van der Waals surface area contributed by atoms with Gasteiger partial charge in [0.15, 0.2) is 0 Å². The number of benzene rings is 2. The summed E-state index contributed by atoms with van der Waals surface area (Å²) in [5, 5.41) is 7.63. The van der Waals surface area contributed by atoms with Gasteiger partial charge < -0.3 is 15.1 Å². The molecule has 32 heavy (non-hydrogen) atoms. The van der Waals surface area contributed by atoms with E-state index >= 15 is 0 Å². The van der Waals surface area contributed by atoms with Gasteiger partial charge in [-0.05, 0) is 43.3 Å². The Kier molecular flexibility index (Phi) is 6.37. The van der Waals surface area contributed by atoms with Crippen LogP contribution in [0.15, 0.2) is 54.6 Å². The third-order valence-electron chi connectivity index (χ3n) is 5.88. The third kappa shape index (κ3) is 4.43. The molecule has 0 unspecified atom stereocenters. The van der Waals surface area contributed by atoms with Crippen LogP contribution in [-0.4, -0.2) is 64.1 Å². The Balaban J connectivity index is 1.63. The van der Waals surface area contributed by atoms with E-state index in [-0.39, 0.29) is 11.8 Å². The zero-order valence-corrected chi connectivity index (χ0v) is 18.8. The predicted octanol–water partition coefficient (Wildman–Crippen LogP) is 3.58. The van der Waals surface area contributed by atoms with E-state index < -0.39 is 0 Å². The number of anilines is 1. The maximum absolute atomic E-state index is 12.9. The number of nitrogens with zero attached hydrogens (tertiary/aromatic N) is 4. The van der Waals surface area contributed by atoms with E-state index in [1.54, 1.807) is 4.68 Å². The smallest absolute Gasteiger partial charge is 0.253 e. The van der Waals surface area contributed by atoms with Crippen LogP contribution in [0, 0.1) is 6.92 Å². The van der Waals surface area contributed by atoms with Gasteiger partial charge in [-0.15, -0.1) is 0 Å². The first-order chi connectivity index (χ1) is 15.5. The number of likely N-dealkylation sites (N-methyl/N-ethyl adjacent to an activating group) is 1.